The van der Waals surface area contributed by atoms with Gasteiger partial charge in [-0.25, -0.2) is 9.36 Å². The predicted molar refractivity (Wildman–Crippen MR) is 210 cm³/mol. The van der Waals surface area contributed by atoms with Crippen molar-refractivity contribution < 1.29 is 42.1 Å². The van der Waals surface area contributed by atoms with E-state index in [9.17, 15) is 19.0 Å². The quantitative estimate of drug-likeness (QED) is 0.0129. The molecule has 10 heteroatoms. The van der Waals surface area contributed by atoms with E-state index in [0.717, 1.165) is 44.9 Å². The maximum absolute atomic E-state index is 12.5. The van der Waals surface area contributed by atoms with Crippen LogP contribution in [0.25, 0.3) is 0 Å². The molecule has 0 aliphatic carbocycles. The molecular formula is C41H77NO8P+. The molecule has 0 radical (unpaired) electrons. The molecule has 0 saturated heterocycles. The second-order valence-electron chi connectivity index (χ2n) is 14.7. The number of hydrogen-bond acceptors (Lipinski definition) is 7. The number of quaternary nitrogens is 1. The summed E-state index contributed by atoms with van der Waals surface area (Å²) in [6, 6.07) is 0. The van der Waals surface area contributed by atoms with E-state index in [0.29, 0.717) is 17.4 Å². The van der Waals surface area contributed by atoms with E-state index in [1.807, 2.05) is 33.3 Å². The highest BCUT2D eigenvalue weighted by Crippen LogP contribution is 2.43. The molecule has 9 nitrogen and oxygen atoms in total. The van der Waals surface area contributed by atoms with E-state index in [4.69, 9.17) is 18.5 Å². The van der Waals surface area contributed by atoms with Gasteiger partial charge in [0, 0.05) is 12.5 Å². The first-order valence-electron chi connectivity index (χ1n) is 20.3. The Morgan fingerprint density at radius 1 is 0.647 bits per heavy atom. The van der Waals surface area contributed by atoms with Crippen LogP contribution in [-0.2, 0) is 32.7 Å². The zero-order valence-corrected chi connectivity index (χ0v) is 34.2. The maximum atomic E-state index is 12.5. The first-order valence-corrected chi connectivity index (χ1v) is 21.8. The van der Waals surface area contributed by atoms with Crippen LogP contribution in [0.1, 0.15) is 162 Å². The molecule has 0 bridgehead atoms. The molecule has 298 valence electrons. The molecule has 51 heavy (non-hydrogen) atoms. The average Bonchev–Trinajstić information content (AvgIpc) is 3.07. The smallest absolute Gasteiger partial charge is 0.462 e. The molecule has 0 heterocycles. The molecule has 0 aliphatic rings. The lowest BCUT2D eigenvalue weighted by Gasteiger charge is -2.24. The van der Waals surface area contributed by atoms with E-state index in [-0.39, 0.29) is 19.6 Å². The standard InChI is InChI=1S/C41H76NO8P/c1-6-8-10-12-14-16-18-20-21-22-24-26-28-30-32-34-41(44)50-39(38-49-51(45,46)48-36-35-42(3,4)5)37-47-40(43)33-31-29-27-25-23-19-17-15-13-11-9-7-2/h15,17,28,30,32,34,39H,6-14,16,18-27,29,31,33,35-38H2,1-5H3/p+1/b17-15+,30-28+,34-32+/t39-/m1/s1. The highest BCUT2D eigenvalue weighted by molar-refractivity contribution is 7.47. The highest BCUT2D eigenvalue weighted by atomic mass is 31.2. The van der Waals surface area contributed by atoms with Crippen molar-refractivity contribution in [2.24, 2.45) is 0 Å². The zero-order chi connectivity index (χ0) is 37.9. The Morgan fingerprint density at radius 2 is 1.14 bits per heavy atom. The number of rotatable bonds is 36. The number of nitrogens with zero attached hydrogens (tertiary/aromatic N) is 1. The third kappa shape index (κ3) is 37.8. The number of ether oxygens (including phenoxy) is 2. The fourth-order valence-electron chi connectivity index (χ4n) is 5.27. The Kier molecular flexibility index (Phi) is 32.8. The van der Waals surface area contributed by atoms with Crippen molar-refractivity contribution >= 4 is 19.8 Å². The number of phosphoric acid groups is 1. The Bertz CT molecular complexity index is 975. The van der Waals surface area contributed by atoms with Gasteiger partial charge in [-0.05, 0) is 44.9 Å². The van der Waals surface area contributed by atoms with Crippen molar-refractivity contribution in [3.8, 4) is 0 Å². The average molecular weight is 743 g/mol. The number of unbranched alkanes of at least 4 members (excludes halogenated alkanes) is 19. The largest absolute Gasteiger partial charge is 0.472 e. The predicted octanol–water partition coefficient (Wildman–Crippen LogP) is 11.0. The van der Waals surface area contributed by atoms with Crippen LogP contribution >= 0.6 is 7.82 Å². The van der Waals surface area contributed by atoms with Crippen LogP contribution in [0.4, 0.5) is 0 Å². The normalized spacial score (nSPS) is 14.1. The third-order valence-electron chi connectivity index (χ3n) is 8.50. The van der Waals surface area contributed by atoms with Gasteiger partial charge in [-0.3, -0.25) is 13.8 Å². The van der Waals surface area contributed by atoms with Crippen molar-refractivity contribution in [3.05, 3.63) is 36.5 Å². The fourth-order valence-corrected chi connectivity index (χ4v) is 6.01. The van der Waals surface area contributed by atoms with Crippen LogP contribution < -0.4 is 0 Å². The van der Waals surface area contributed by atoms with Crippen molar-refractivity contribution in [2.45, 2.75) is 168 Å². The number of esters is 2. The summed E-state index contributed by atoms with van der Waals surface area (Å²) in [4.78, 5) is 35.1. The van der Waals surface area contributed by atoms with E-state index in [2.05, 4.69) is 26.0 Å². The molecule has 0 aliphatic heterocycles. The molecule has 0 spiro atoms. The minimum absolute atomic E-state index is 0.0146. The molecule has 0 aromatic carbocycles. The maximum Gasteiger partial charge on any atom is 0.472 e. The van der Waals surface area contributed by atoms with E-state index < -0.39 is 32.5 Å². The second kappa shape index (κ2) is 34.0. The Labute approximate surface area is 312 Å². The summed E-state index contributed by atoms with van der Waals surface area (Å²) in [5.41, 5.74) is 0. The number of carbonyl (C=O) groups is 2. The summed E-state index contributed by atoms with van der Waals surface area (Å²) in [6.07, 6.45) is 36.8. The highest BCUT2D eigenvalue weighted by Gasteiger charge is 2.26. The topological polar surface area (TPSA) is 108 Å². The van der Waals surface area contributed by atoms with Gasteiger partial charge >= 0.3 is 19.8 Å². The minimum Gasteiger partial charge on any atom is -0.462 e. The number of hydrogen-bond donors (Lipinski definition) is 1. The summed E-state index contributed by atoms with van der Waals surface area (Å²) in [7, 11) is 1.42. The van der Waals surface area contributed by atoms with E-state index in [1.54, 1.807) is 6.08 Å². The molecule has 1 N–H and O–H groups in total. The zero-order valence-electron chi connectivity index (χ0n) is 33.3. The Hall–Kier alpha value is -1.77. The van der Waals surface area contributed by atoms with Gasteiger partial charge < -0.3 is 18.9 Å². The molecule has 0 fully saturated rings. The van der Waals surface area contributed by atoms with E-state index in [1.165, 1.54) is 96.0 Å². The number of allylic oxidation sites excluding steroid dienone is 5. The van der Waals surface area contributed by atoms with Gasteiger partial charge in [0.25, 0.3) is 0 Å². The van der Waals surface area contributed by atoms with Gasteiger partial charge in [-0.1, -0.05) is 141 Å². The number of carbonyl (C=O) groups excluding carboxylic acids is 2. The Balaban J connectivity index is 4.54. The van der Waals surface area contributed by atoms with Crippen LogP contribution in [0.3, 0.4) is 0 Å². The van der Waals surface area contributed by atoms with Crippen LogP contribution in [0.2, 0.25) is 0 Å². The number of phosphoric ester groups is 1. The van der Waals surface area contributed by atoms with Crippen molar-refractivity contribution in [1.29, 1.82) is 0 Å². The van der Waals surface area contributed by atoms with Gasteiger partial charge in [0.15, 0.2) is 6.10 Å². The molecule has 2 atom stereocenters. The molecule has 0 aromatic heterocycles. The van der Waals surface area contributed by atoms with Crippen molar-refractivity contribution in [3.63, 3.8) is 0 Å². The molecule has 0 rings (SSSR count). The van der Waals surface area contributed by atoms with Crippen molar-refractivity contribution in [2.75, 3.05) is 47.5 Å². The summed E-state index contributed by atoms with van der Waals surface area (Å²) >= 11 is 0. The third-order valence-corrected chi connectivity index (χ3v) is 9.48. The van der Waals surface area contributed by atoms with Crippen molar-refractivity contribution in [1.82, 2.24) is 0 Å². The summed E-state index contributed by atoms with van der Waals surface area (Å²) in [6.45, 7) is 4.25. The van der Waals surface area contributed by atoms with E-state index >= 15 is 0 Å². The number of likely N-dealkylation sites (N-methyl/N-ethyl adjacent to an activating group) is 1. The lowest BCUT2D eigenvalue weighted by molar-refractivity contribution is -0.870. The summed E-state index contributed by atoms with van der Waals surface area (Å²) in [5, 5.41) is 0. The molecule has 0 saturated carbocycles. The molecule has 0 aromatic rings. The van der Waals surface area contributed by atoms with Crippen LogP contribution in [0.5, 0.6) is 0 Å². The SMILES string of the molecule is CCCCC/C=C/CCCCCCCC(=O)OC[C@H](COP(=O)(O)OCC[N+](C)(C)C)OC(=O)/C=C/C=C/CCCCCCCCCCCCC. The monoisotopic (exact) mass is 743 g/mol. The second-order valence-corrected chi connectivity index (χ2v) is 16.2. The fraction of sp³-hybridized carbons (Fsp3) is 0.805. The minimum atomic E-state index is -4.39. The van der Waals surface area contributed by atoms with Crippen LogP contribution in [0, 0.1) is 0 Å². The van der Waals surface area contributed by atoms with Gasteiger partial charge in [-0.15, -0.1) is 0 Å². The van der Waals surface area contributed by atoms with Gasteiger partial charge in [-0.2, -0.15) is 0 Å². The Morgan fingerprint density at radius 3 is 1.71 bits per heavy atom. The van der Waals surface area contributed by atoms with Gasteiger partial charge in [0.2, 0.25) is 0 Å². The lowest BCUT2D eigenvalue weighted by atomic mass is 10.1. The molecule has 0 amide bonds. The van der Waals surface area contributed by atoms with Crippen LogP contribution in [-0.4, -0.2) is 74.9 Å². The van der Waals surface area contributed by atoms with Crippen LogP contribution in [0.15, 0.2) is 36.5 Å². The first kappa shape index (κ1) is 49.2. The van der Waals surface area contributed by atoms with Gasteiger partial charge in [0.1, 0.15) is 19.8 Å². The molecular weight excluding hydrogens is 665 g/mol. The first-order chi connectivity index (χ1) is 24.5. The summed E-state index contributed by atoms with van der Waals surface area (Å²) < 4.78 is 34.0. The lowest BCUT2D eigenvalue weighted by Crippen LogP contribution is -2.37. The van der Waals surface area contributed by atoms with Gasteiger partial charge in [0.05, 0.1) is 27.7 Å². The molecule has 1 unspecified atom stereocenters. The summed E-state index contributed by atoms with van der Waals surface area (Å²) in [5.74, 6) is -1.06.